The summed E-state index contributed by atoms with van der Waals surface area (Å²) in [4.78, 5) is 22.9. The van der Waals surface area contributed by atoms with Crippen molar-refractivity contribution >= 4 is 20.3 Å². The fraction of sp³-hybridized carbons (Fsp3) is 0.652. The summed E-state index contributed by atoms with van der Waals surface area (Å²) in [6, 6.07) is 3.94. The molecule has 29 heavy (non-hydrogen) atoms. The van der Waals surface area contributed by atoms with Gasteiger partial charge in [0.1, 0.15) is 5.75 Å². The minimum Gasteiger partial charge on any atom is -0.481 e. The molecule has 0 amide bonds. The zero-order valence-corrected chi connectivity index (χ0v) is 20.6. The smallest absolute Gasteiger partial charge is 0.311 e. The van der Waals surface area contributed by atoms with Gasteiger partial charge < -0.3 is 14.3 Å². The Morgan fingerprint density at radius 3 is 2.14 bits per heavy atom. The monoisotopic (exact) mass is 422 g/mol. The summed E-state index contributed by atoms with van der Waals surface area (Å²) in [5.74, 6) is -1.01. The first-order chi connectivity index (χ1) is 13.1. The third kappa shape index (κ3) is 7.27. The van der Waals surface area contributed by atoms with E-state index in [1.165, 1.54) is 0 Å². The molecule has 164 valence electrons. The largest absolute Gasteiger partial charge is 0.481 e. The lowest BCUT2D eigenvalue weighted by Crippen LogP contribution is -2.41. The molecule has 0 bridgehead atoms. The number of carboxylic acid groups (broad SMARTS) is 1. The SMILES string of the molecule is Cc1cc(C)c(C(C)(C)CCO[Si](C)(C)C(C)(C)C)c(OC(=O)CCC(=O)O)c1. The van der Waals surface area contributed by atoms with Gasteiger partial charge in [0.05, 0.1) is 12.8 Å². The van der Waals surface area contributed by atoms with Crippen LogP contribution in [0.25, 0.3) is 0 Å². The number of benzene rings is 1. The molecule has 0 saturated carbocycles. The van der Waals surface area contributed by atoms with Crippen molar-refractivity contribution in [2.24, 2.45) is 0 Å². The number of carbonyl (C=O) groups excluding carboxylic acids is 1. The summed E-state index contributed by atoms with van der Waals surface area (Å²) in [6.07, 6.45) is 0.419. The van der Waals surface area contributed by atoms with E-state index in [2.05, 4.69) is 53.8 Å². The highest BCUT2D eigenvalue weighted by molar-refractivity contribution is 6.74. The highest BCUT2D eigenvalue weighted by Gasteiger charge is 2.38. The number of rotatable bonds is 9. The number of ether oxygens (including phenoxy) is 1. The molecular weight excluding hydrogens is 384 g/mol. The van der Waals surface area contributed by atoms with Crippen molar-refractivity contribution in [3.8, 4) is 5.75 Å². The van der Waals surface area contributed by atoms with E-state index in [1.54, 1.807) is 0 Å². The van der Waals surface area contributed by atoms with E-state index in [-0.39, 0.29) is 23.3 Å². The summed E-state index contributed by atoms with van der Waals surface area (Å²) in [5, 5.41) is 8.96. The summed E-state index contributed by atoms with van der Waals surface area (Å²) >= 11 is 0. The molecule has 0 spiro atoms. The predicted molar refractivity (Wildman–Crippen MR) is 119 cm³/mol. The Kier molecular flexibility index (Phi) is 8.25. The Bertz CT molecular complexity index is 744. The van der Waals surface area contributed by atoms with Crippen LogP contribution in [0.1, 0.15) is 70.6 Å². The lowest BCUT2D eigenvalue weighted by atomic mass is 9.78. The molecule has 0 heterocycles. The van der Waals surface area contributed by atoms with E-state index in [4.69, 9.17) is 14.3 Å². The van der Waals surface area contributed by atoms with Crippen molar-refractivity contribution in [1.82, 2.24) is 0 Å². The highest BCUT2D eigenvalue weighted by Crippen LogP contribution is 2.40. The molecule has 5 nitrogen and oxygen atoms in total. The van der Waals surface area contributed by atoms with E-state index < -0.39 is 20.3 Å². The lowest BCUT2D eigenvalue weighted by Gasteiger charge is -2.37. The van der Waals surface area contributed by atoms with Crippen molar-refractivity contribution in [2.45, 2.75) is 91.3 Å². The van der Waals surface area contributed by atoms with Crippen molar-refractivity contribution in [3.05, 3.63) is 28.8 Å². The van der Waals surface area contributed by atoms with Gasteiger partial charge in [-0.1, -0.05) is 40.7 Å². The molecule has 1 aromatic carbocycles. The van der Waals surface area contributed by atoms with Gasteiger partial charge in [-0.05, 0) is 61.0 Å². The van der Waals surface area contributed by atoms with Crippen molar-refractivity contribution < 1.29 is 23.9 Å². The van der Waals surface area contributed by atoms with Gasteiger partial charge in [-0.25, -0.2) is 0 Å². The summed E-state index contributed by atoms with van der Waals surface area (Å²) < 4.78 is 12.0. The number of carboxylic acids is 1. The van der Waals surface area contributed by atoms with Gasteiger partial charge in [0, 0.05) is 12.2 Å². The third-order valence-electron chi connectivity index (χ3n) is 5.88. The maximum atomic E-state index is 12.2. The van der Waals surface area contributed by atoms with Crippen molar-refractivity contribution in [3.63, 3.8) is 0 Å². The molecule has 0 aliphatic carbocycles. The van der Waals surface area contributed by atoms with Gasteiger partial charge in [-0.3, -0.25) is 9.59 Å². The van der Waals surface area contributed by atoms with Crippen LogP contribution in [-0.4, -0.2) is 32.0 Å². The molecule has 0 aromatic heterocycles. The van der Waals surface area contributed by atoms with Crippen molar-refractivity contribution in [1.29, 1.82) is 0 Å². The maximum Gasteiger partial charge on any atom is 0.311 e. The zero-order chi connectivity index (χ0) is 22.6. The molecule has 0 radical (unpaired) electrons. The van der Waals surface area contributed by atoms with Crippen LogP contribution >= 0.6 is 0 Å². The normalized spacial score (nSPS) is 12.7. The summed E-state index contributed by atoms with van der Waals surface area (Å²) in [7, 11) is -1.83. The van der Waals surface area contributed by atoms with Gasteiger partial charge in [0.2, 0.25) is 0 Å². The molecule has 0 fully saturated rings. The molecule has 0 atom stereocenters. The molecule has 1 N–H and O–H groups in total. The van der Waals surface area contributed by atoms with Crippen molar-refractivity contribution in [2.75, 3.05) is 6.61 Å². The van der Waals surface area contributed by atoms with Crippen LogP contribution < -0.4 is 4.74 Å². The fourth-order valence-corrected chi connectivity index (χ4v) is 4.21. The quantitative estimate of drug-likeness (QED) is 0.311. The number of carbonyl (C=O) groups is 2. The van der Waals surface area contributed by atoms with Crippen LogP contribution in [0, 0.1) is 13.8 Å². The summed E-state index contributed by atoms with van der Waals surface area (Å²) in [5.41, 5.74) is 2.78. The second-order valence-electron chi connectivity index (χ2n) is 10.1. The van der Waals surface area contributed by atoms with E-state index in [1.807, 2.05) is 19.9 Å². The molecule has 6 heteroatoms. The second-order valence-corrected chi connectivity index (χ2v) is 14.9. The number of hydrogen-bond acceptors (Lipinski definition) is 4. The highest BCUT2D eigenvalue weighted by atomic mass is 28.4. The Morgan fingerprint density at radius 1 is 1.03 bits per heavy atom. The zero-order valence-electron chi connectivity index (χ0n) is 19.6. The van der Waals surface area contributed by atoms with Gasteiger partial charge >= 0.3 is 11.9 Å². The maximum absolute atomic E-state index is 12.2. The van der Waals surface area contributed by atoms with Crippen LogP contribution in [-0.2, 0) is 19.4 Å². The van der Waals surface area contributed by atoms with Crippen LogP contribution in [0.4, 0.5) is 0 Å². The minimum absolute atomic E-state index is 0.142. The average Bonchev–Trinajstić information content (AvgIpc) is 2.50. The van der Waals surface area contributed by atoms with Gasteiger partial charge in [0.15, 0.2) is 8.32 Å². The van der Waals surface area contributed by atoms with Crippen LogP contribution in [0.15, 0.2) is 12.1 Å². The van der Waals surface area contributed by atoms with E-state index >= 15 is 0 Å². The first-order valence-corrected chi connectivity index (χ1v) is 13.2. The molecule has 0 aliphatic rings. The summed E-state index contributed by atoms with van der Waals surface area (Å²) in [6.45, 7) is 20.0. The number of esters is 1. The Labute approximate surface area is 176 Å². The van der Waals surface area contributed by atoms with E-state index in [0.717, 1.165) is 23.1 Å². The Morgan fingerprint density at radius 2 is 1.62 bits per heavy atom. The molecule has 0 aliphatic heterocycles. The van der Waals surface area contributed by atoms with Gasteiger partial charge in [0.25, 0.3) is 0 Å². The fourth-order valence-electron chi connectivity index (χ4n) is 3.16. The van der Waals surface area contributed by atoms with Crippen LogP contribution in [0.3, 0.4) is 0 Å². The third-order valence-corrected chi connectivity index (χ3v) is 10.4. The number of aryl methyl sites for hydroxylation is 2. The van der Waals surface area contributed by atoms with Crippen LogP contribution in [0.5, 0.6) is 5.75 Å². The van der Waals surface area contributed by atoms with Gasteiger partial charge in [-0.2, -0.15) is 0 Å². The molecule has 1 rings (SSSR count). The predicted octanol–water partition coefficient (Wildman–Crippen LogP) is 5.76. The van der Waals surface area contributed by atoms with Crippen LogP contribution in [0.2, 0.25) is 18.1 Å². The Balaban J connectivity index is 3.05. The second kappa shape index (κ2) is 9.43. The standard InChI is InChI=1S/C23H38O5Si/c1-16-14-17(2)21(18(15-16)28-20(26)11-10-19(24)25)23(6,7)12-13-27-29(8,9)22(3,4)5/h14-15H,10-13H2,1-9H3,(H,24,25). The average molecular weight is 423 g/mol. The molecular formula is C23H38O5Si. The number of aliphatic carboxylic acids is 1. The lowest BCUT2D eigenvalue weighted by molar-refractivity contribution is -0.142. The number of hydrogen-bond donors (Lipinski definition) is 1. The molecule has 0 saturated heterocycles. The molecule has 0 unspecified atom stereocenters. The first-order valence-electron chi connectivity index (χ1n) is 10.2. The van der Waals surface area contributed by atoms with Gasteiger partial charge in [-0.15, -0.1) is 0 Å². The first kappa shape index (κ1) is 25.4. The minimum atomic E-state index is -1.83. The van der Waals surface area contributed by atoms with E-state index in [0.29, 0.717) is 12.4 Å². The Hall–Kier alpha value is -1.66. The van der Waals surface area contributed by atoms with E-state index in [9.17, 15) is 9.59 Å². The molecule has 1 aromatic rings. The topological polar surface area (TPSA) is 72.8 Å².